The number of carbonyl (C=O) groups excluding carboxylic acids is 1. The topological polar surface area (TPSA) is 68.5 Å². The molecule has 2 aromatic carbocycles. The summed E-state index contributed by atoms with van der Waals surface area (Å²) in [5.74, 6) is 1.92. The van der Waals surface area contributed by atoms with Crippen molar-refractivity contribution < 1.29 is 14.1 Å². The number of para-hydroxylation sites is 1. The summed E-state index contributed by atoms with van der Waals surface area (Å²) in [6, 6.07) is 17.4. The molecule has 28 heavy (non-hydrogen) atoms. The van der Waals surface area contributed by atoms with Gasteiger partial charge in [0.05, 0.1) is 5.92 Å². The highest BCUT2D eigenvalue weighted by Gasteiger charge is 2.28. The van der Waals surface area contributed by atoms with Gasteiger partial charge in [0, 0.05) is 18.7 Å². The Bertz CT molecular complexity index is 922. The molecule has 1 aliphatic heterocycles. The van der Waals surface area contributed by atoms with Gasteiger partial charge in [0.15, 0.2) is 6.61 Å². The van der Waals surface area contributed by atoms with Gasteiger partial charge in [0.2, 0.25) is 11.7 Å². The van der Waals surface area contributed by atoms with Crippen LogP contribution in [0.1, 0.15) is 30.2 Å². The fraction of sp³-hybridized carbons (Fsp3) is 0.318. The van der Waals surface area contributed by atoms with Crippen LogP contribution >= 0.6 is 0 Å². The predicted molar refractivity (Wildman–Crippen MR) is 105 cm³/mol. The van der Waals surface area contributed by atoms with Crippen molar-refractivity contribution in [3.8, 4) is 17.1 Å². The Balaban J connectivity index is 1.38. The van der Waals surface area contributed by atoms with Crippen LogP contribution < -0.4 is 4.74 Å². The van der Waals surface area contributed by atoms with Crippen LogP contribution in [-0.2, 0) is 4.79 Å². The largest absolute Gasteiger partial charge is 0.484 e. The minimum atomic E-state index is -0.0215. The maximum atomic E-state index is 12.5. The van der Waals surface area contributed by atoms with Crippen LogP contribution in [0, 0.1) is 6.92 Å². The summed E-state index contributed by atoms with van der Waals surface area (Å²) in [6.07, 6.45) is 1.84. The third kappa shape index (κ3) is 4.22. The van der Waals surface area contributed by atoms with Gasteiger partial charge in [0.25, 0.3) is 5.91 Å². The number of piperidine rings is 1. The molecule has 1 fully saturated rings. The van der Waals surface area contributed by atoms with E-state index >= 15 is 0 Å². The molecule has 0 saturated carbocycles. The van der Waals surface area contributed by atoms with Gasteiger partial charge in [-0.3, -0.25) is 4.79 Å². The van der Waals surface area contributed by atoms with Crippen molar-refractivity contribution in [2.75, 3.05) is 19.7 Å². The summed E-state index contributed by atoms with van der Waals surface area (Å²) in [5, 5.41) is 4.12. The molecule has 0 radical (unpaired) electrons. The van der Waals surface area contributed by atoms with Crippen LogP contribution in [0.2, 0.25) is 0 Å². The number of ether oxygens (including phenoxy) is 1. The summed E-state index contributed by atoms with van der Waals surface area (Å²) in [5.41, 5.74) is 2.12. The molecule has 0 aliphatic carbocycles. The first-order valence-corrected chi connectivity index (χ1v) is 9.55. The number of aromatic nitrogens is 2. The van der Waals surface area contributed by atoms with E-state index in [0.29, 0.717) is 24.0 Å². The summed E-state index contributed by atoms with van der Waals surface area (Å²) in [7, 11) is 0. The highest BCUT2D eigenvalue weighted by atomic mass is 16.5. The van der Waals surface area contributed by atoms with Crippen molar-refractivity contribution in [1.82, 2.24) is 15.0 Å². The molecule has 0 N–H and O–H groups in total. The number of benzene rings is 2. The maximum Gasteiger partial charge on any atom is 0.260 e. The zero-order valence-electron chi connectivity index (χ0n) is 15.9. The Morgan fingerprint density at radius 2 is 1.96 bits per heavy atom. The third-order valence-corrected chi connectivity index (χ3v) is 4.98. The maximum absolute atomic E-state index is 12.5. The van der Waals surface area contributed by atoms with Crippen LogP contribution in [0.15, 0.2) is 59.1 Å². The number of carbonyl (C=O) groups is 1. The van der Waals surface area contributed by atoms with E-state index in [1.165, 1.54) is 5.56 Å². The van der Waals surface area contributed by atoms with Crippen molar-refractivity contribution in [1.29, 1.82) is 0 Å². The lowest BCUT2D eigenvalue weighted by atomic mass is 9.98. The molecule has 3 aromatic rings. The lowest BCUT2D eigenvalue weighted by Crippen LogP contribution is -2.41. The minimum absolute atomic E-state index is 0.0215. The van der Waals surface area contributed by atoms with E-state index in [1.807, 2.05) is 66.4 Å². The van der Waals surface area contributed by atoms with Crippen LogP contribution in [0.5, 0.6) is 5.75 Å². The van der Waals surface area contributed by atoms with Crippen LogP contribution in [0.4, 0.5) is 0 Å². The lowest BCUT2D eigenvalue weighted by molar-refractivity contribution is -0.134. The molecule has 1 aliphatic rings. The first-order chi connectivity index (χ1) is 13.7. The van der Waals surface area contributed by atoms with E-state index in [-0.39, 0.29) is 18.4 Å². The number of aryl methyl sites for hydroxylation is 1. The molecule has 4 rings (SSSR count). The summed E-state index contributed by atoms with van der Waals surface area (Å²) in [4.78, 5) is 18.9. The van der Waals surface area contributed by atoms with Crippen molar-refractivity contribution in [2.45, 2.75) is 25.7 Å². The van der Waals surface area contributed by atoms with Crippen molar-refractivity contribution >= 4 is 5.91 Å². The van der Waals surface area contributed by atoms with E-state index in [4.69, 9.17) is 9.26 Å². The monoisotopic (exact) mass is 377 g/mol. The van der Waals surface area contributed by atoms with Crippen molar-refractivity contribution in [2.24, 2.45) is 0 Å². The molecule has 144 valence electrons. The van der Waals surface area contributed by atoms with Gasteiger partial charge in [-0.25, -0.2) is 0 Å². The standard InChI is InChI=1S/C22H23N3O3/c1-16-9-11-17(12-10-16)21-23-22(28-24-21)18-6-5-13-25(14-18)20(26)15-27-19-7-3-2-4-8-19/h2-4,7-12,18H,5-6,13-15H2,1H3/t18-/m1/s1. The van der Waals surface area contributed by atoms with Gasteiger partial charge in [0.1, 0.15) is 5.75 Å². The van der Waals surface area contributed by atoms with Gasteiger partial charge < -0.3 is 14.2 Å². The Morgan fingerprint density at radius 1 is 1.18 bits per heavy atom. The van der Waals surface area contributed by atoms with E-state index in [2.05, 4.69) is 10.1 Å². The molecule has 2 heterocycles. The quantitative estimate of drug-likeness (QED) is 0.676. The molecular formula is C22H23N3O3. The van der Waals surface area contributed by atoms with Gasteiger partial charge >= 0.3 is 0 Å². The fourth-order valence-electron chi connectivity index (χ4n) is 3.38. The number of rotatable bonds is 5. The van der Waals surface area contributed by atoms with Crippen molar-refractivity contribution in [3.63, 3.8) is 0 Å². The average Bonchev–Trinajstić information content (AvgIpc) is 3.24. The molecule has 6 heteroatoms. The molecule has 1 aromatic heterocycles. The fourth-order valence-corrected chi connectivity index (χ4v) is 3.38. The predicted octanol–water partition coefficient (Wildman–Crippen LogP) is 3.83. The van der Waals surface area contributed by atoms with Gasteiger partial charge in [-0.15, -0.1) is 0 Å². The number of hydrogen-bond donors (Lipinski definition) is 0. The Labute approximate surface area is 164 Å². The third-order valence-electron chi connectivity index (χ3n) is 4.98. The molecule has 1 saturated heterocycles. The summed E-state index contributed by atoms with van der Waals surface area (Å²) < 4.78 is 11.1. The summed E-state index contributed by atoms with van der Waals surface area (Å²) in [6.45, 7) is 3.38. The second kappa shape index (κ2) is 8.25. The molecule has 1 amide bonds. The zero-order valence-corrected chi connectivity index (χ0v) is 15.9. The molecule has 6 nitrogen and oxygen atoms in total. The number of hydrogen-bond acceptors (Lipinski definition) is 5. The molecular weight excluding hydrogens is 354 g/mol. The first kappa shape index (κ1) is 18.2. The van der Waals surface area contributed by atoms with E-state index in [0.717, 1.165) is 24.9 Å². The Hall–Kier alpha value is -3.15. The van der Waals surface area contributed by atoms with E-state index in [9.17, 15) is 4.79 Å². The Kier molecular flexibility index (Phi) is 5.37. The highest BCUT2D eigenvalue weighted by molar-refractivity contribution is 5.78. The number of amides is 1. The van der Waals surface area contributed by atoms with Crippen LogP contribution in [-0.4, -0.2) is 40.6 Å². The van der Waals surface area contributed by atoms with Gasteiger partial charge in [-0.05, 0) is 31.9 Å². The smallest absolute Gasteiger partial charge is 0.260 e. The van der Waals surface area contributed by atoms with Crippen LogP contribution in [0.3, 0.4) is 0 Å². The Morgan fingerprint density at radius 3 is 2.75 bits per heavy atom. The second-order valence-corrected chi connectivity index (χ2v) is 7.10. The molecule has 1 atom stereocenters. The highest BCUT2D eigenvalue weighted by Crippen LogP contribution is 2.27. The average molecular weight is 377 g/mol. The first-order valence-electron chi connectivity index (χ1n) is 9.55. The van der Waals surface area contributed by atoms with Crippen LogP contribution in [0.25, 0.3) is 11.4 Å². The van der Waals surface area contributed by atoms with Gasteiger partial charge in [-0.2, -0.15) is 4.98 Å². The number of nitrogens with zero attached hydrogens (tertiary/aromatic N) is 3. The molecule has 0 unspecified atom stereocenters. The van der Waals surface area contributed by atoms with Gasteiger partial charge in [-0.1, -0.05) is 53.2 Å². The number of likely N-dealkylation sites (tertiary alicyclic amines) is 1. The SMILES string of the molecule is Cc1ccc(-c2noc([C@@H]3CCCN(C(=O)COc4ccccc4)C3)n2)cc1. The zero-order chi connectivity index (χ0) is 19.3. The molecule has 0 spiro atoms. The van der Waals surface area contributed by atoms with Crippen molar-refractivity contribution in [3.05, 3.63) is 66.1 Å². The van der Waals surface area contributed by atoms with E-state index < -0.39 is 0 Å². The van der Waals surface area contributed by atoms with E-state index in [1.54, 1.807) is 0 Å². The normalized spacial score (nSPS) is 16.8. The lowest BCUT2D eigenvalue weighted by Gasteiger charge is -2.30. The second-order valence-electron chi connectivity index (χ2n) is 7.10. The minimum Gasteiger partial charge on any atom is -0.484 e. The summed E-state index contributed by atoms with van der Waals surface area (Å²) >= 11 is 0. The molecule has 0 bridgehead atoms.